The first-order chi connectivity index (χ1) is 11.7. The number of pyridine rings is 1. The smallest absolute Gasteiger partial charge is 0.233 e. The average molecular weight is 336 g/mol. The summed E-state index contributed by atoms with van der Waals surface area (Å²) in [5.74, 6) is 0.436. The molecule has 120 valence electrons. The molecule has 0 aliphatic carbocycles. The summed E-state index contributed by atoms with van der Waals surface area (Å²) >= 11 is 1.46. The van der Waals surface area contributed by atoms with E-state index in [0.717, 1.165) is 28.8 Å². The van der Waals surface area contributed by atoms with Gasteiger partial charge in [0.25, 0.3) is 0 Å². The number of hydrogen-bond acceptors (Lipinski definition) is 6. The molecule has 0 fully saturated rings. The summed E-state index contributed by atoms with van der Waals surface area (Å²) in [6.07, 6.45) is 4.73. The first-order valence-corrected chi connectivity index (χ1v) is 8.71. The van der Waals surface area contributed by atoms with Crippen molar-refractivity contribution in [3.63, 3.8) is 0 Å². The van der Waals surface area contributed by atoms with Crippen LogP contribution in [0, 0.1) is 0 Å². The molecule has 4 heterocycles. The molecule has 5 nitrogen and oxygen atoms in total. The fraction of sp³-hybridized carbons (Fsp3) is 0.222. The van der Waals surface area contributed by atoms with Gasteiger partial charge < -0.3 is 5.11 Å². The molecule has 0 amide bonds. The van der Waals surface area contributed by atoms with E-state index in [2.05, 4.69) is 32.9 Å². The predicted molar refractivity (Wildman–Crippen MR) is 97.5 cm³/mol. The third-order valence-corrected chi connectivity index (χ3v) is 5.04. The molecule has 1 N–H and O–H groups in total. The number of allylic oxidation sites excluding steroid dienone is 1. The Labute approximate surface area is 143 Å². The van der Waals surface area contributed by atoms with Crippen molar-refractivity contribution in [3.8, 4) is 17.4 Å². The highest BCUT2D eigenvalue weighted by molar-refractivity contribution is 7.17. The van der Waals surface area contributed by atoms with Crippen LogP contribution in [0.3, 0.4) is 0 Å². The largest absolute Gasteiger partial charge is 0.492 e. The molecular formula is C18H16N4OS. The number of aromatic hydroxyl groups is 1. The van der Waals surface area contributed by atoms with Crippen LogP contribution in [0.15, 0.2) is 40.8 Å². The van der Waals surface area contributed by atoms with Crippen LogP contribution in [0.4, 0.5) is 0 Å². The van der Waals surface area contributed by atoms with Gasteiger partial charge in [-0.15, -0.1) is 11.3 Å². The molecule has 0 saturated heterocycles. The fourth-order valence-electron chi connectivity index (χ4n) is 2.96. The number of aliphatic imine (C=N–C) groups is 1. The summed E-state index contributed by atoms with van der Waals surface area (Å²) in [5, 5.41) is 12.4. The summed E-state index contributed by atoms with van der Waals surface area (Å²) in [6, 6.07) is 5.71. The van der Waals surface area contributed by atoms with Gasteiger partial charge in [-0.2, -0.15) is 4.98 Å². The minimum atomic E-state index is 0.00110. The predicted octanol–water partition coefficient (Wildman–Crippen LogP) is 4.10. The molecule has 3 aromatic heterocycles. The second kappa shape index (κ2) is 5.79. The van der Waals surface area contributed by atoms with Crippen LogP contribution in [0.1, 0.15) is 25.8 Å². The minimum absolute atomic E-state index is 0.00110. The highest BCUT2D eigenvalue weighted by Crippen LogP contribution is 2.39. The van der Waals surface area contributed by atoms with Gasteiger partial charge in [-0.3, -0.25) is 9.98 Å². The third-order valence-electron chi connectivity index (χ3n) is 4.07. The second-order valence-electron chi connectivity index (χ2n) is 5.71. The maximum absolute atomic E-state index is 10.3. The van der Waals surface area contributed by atoms with E-state index in [9.17, 15) is 5.11 Å². The highest BCUT2D eigenvalue weighted by Gasteiger charge is 2.24. The number of aromatic nitrogens is 3. The number of rotatable bonds is 3. The van der Waals surface area contributed by atoms with Gasteiger partial charge in [0.05, 0.1) is 11.6 Å². The van der Waals surface area contributed by atoms with Crippen molar-refractivity contribution in [2.75, 3.05) is 0 Å². The first kappa shape index (κ1) is 15.0. The van der Waals surface area contributed by atoms with Crippen LogP contribution in [0.5, 0.6) is 5.88 Å². The first-order valence-electron chi connectivity index (χ1n) is 7.83. The van der Waals surface area contributed by atoms with Crippen molar-refractivity contribution in [2.24, 2.45) is 4.99 Å². The topological polar surface area (TPSA) is 71.3 Å². The summed E-state index contributed by atoms with van der Waals surface area (Å²) in [5.41, 5.74) is 4.62. The van der Waals surface area contributed by atoms with E-state index >= 15 is 0 Å². The van der Waals surface area contributed by atoms with Crippen LogP contribution in [0.2, 0.25) is 0 Å². The monoisotopic (exact) mass is 336 g/mol. The van der Waals surface area contributed by atoms with Gasteiger partial charge in [0.15, 0.2) is 5.82 Å². The van der Waals surface area contributed by atoms with E-state index in [0.29, 0.717) is 16.2 Å². The van der Waals surface area contributed by atoms with Crippen LogP contribution >= 0.6 is 11.3 Å². The van der Waals surface area contributed by atoms with Crippen molar-refractivity contribution < 1.29 is 5.11 Å². The molecular weight excluding hydrogens is 320 g/mol. The van der Waals surface area contributed by atoms with Crippen LogP contribution in [-0.4, -0.2) is 31.8 Å². The summed E-state index contributed by atoms with van der Waals surface area (Å²) < 4.78 is 0.699. The Kier molecular flexibility index (Phi) is 3.61. The zero-order chi connectivity index (χ0) is 16.7. The Morgan fingerprint density at radius 3 is 2.88 bits per heavy atom. The lowest BCUT2D eigenvalue weighted by molar-refractivity contribution is 0.461. The van der Waals surface area contributed by atoms with E-state index in [1.807, 2.05) is 30.5 Å². The maximum atomic E-state index is 10.3. The van der Waals surface area contributed by atoms with Crippen molar-refractivity contribution in [1.82, 2.24) is 15.0 Å². The van der Waals surface area contributed by atoms with Gasteiger partial charge in [-0.05, 0) is 37.1 Å². The standard InChI is InChI=1S/C18H16N4OS/c1-3-13-11(8-10(2)20-13)12-9-24-16-15(12)21-17(22-18(16)23)14-6-4-5-7-19-14/h4-9,13H,3H2,1-2H3,(H,21,22,23). The Hall–Kier alpha value is -2.60. The summed E-state index contributed by atoms with van der Waals surface area (Å²) in [7, 11) is 0. The Bertz CT molecular complexity index is 975. The van der Waals surface area contributed by atoms with Crippen molar-refractivity contribution >= 4 is 32.8 Å². The molecule has 4 rings (SSSR count). The molecule has 24 heavy (non-hydrogen) atoms. The lowest BCUT2D eigenvalue weighted by atomic mass is 9.99. The molecule has 0 radical (unpaired) electrons. The van der Waals surface area contributed by atoms with Gasteiger partial charge in [0, 0.05) is 22.9 Å². The van der Waals surface area contributed by atoms with Crippen LogP contribution < -0.4 is 0 Å². The number of nitrogens with zero attached hydrogens (tertiary/aromatic N) is 4. The zero-order valence-corrected chi connectivity index (χ0v) is 14.2. The molecule has 6 heteroatoms. The van der Waals surface area contributed by atoms with E-state index in [1.54, 1.807) is 6.20 Å². The Morgan fingerprint density at radius 2 is 2.12 bits per heavy atom. The lowest BCUT2D eigenvalue weighted by Crippen LogP contribution is -2.02. The molecule has 1 atom stereocenters. The molecule has 0 aromatic carbocycles. The Balaban J connectivity index is 1.90. The van der Waals surface area contributed by atoms with Gasteiger partial charge in [0.1, 0.15) is 10.4 Å². The number of hydrogen-bond donors (Lipinski definition) is 1. The zero-order valence-electron chi connectivity index (χ0n) is 13.4. The molecule has 1 aliphatic rings. The van der Waals surface area contributed by atoms with Gasteiger partial charge in [-0.1, -0.05) is 13.0 Å². The number of thiophene rings is 1. The van der Waals surface area contributed by atoms with E-state index in [-0.39, 0.29) is 11.9 Å². The maximum Gasteiger partial charge on any atom is 0.233 e. The molecule has 3 aromatic rings. The van der Waals surface area contributed by atoms with Gasteiger partial charge in [0.2, 0.25) is 5.88 Å². The average Bonchev–Trinajstić information content (AvgIpc) is 3.18. The van der Waals surface area contributed by atoms with E-state index in [4.69, 9.17) is 0 Å². The van der Waals surface area contributed by atoms with Crippen molar-refractivity contribution in [1.29, 1.82) is 0 Å². The molecule has 1 unspecified atom stereocenters. The fourth-order valence-corrected chi connectivity index (χ4v) is 3.86. The molecule has 0 spiro atoms. The summed E-state index contributed by atoms with van der Waals surface area (Å²) in [4.78, 5) is 17.8. The van der Waals surface area contributed by atoms with Crippen LogP contribution in [-0.2, 0) is 0 Å². The summed E-state index contributed by atoms with van der Waals surface area (Å²) in [6.45, 7) is 4.14. The normalized spacial score (nSPS) is 17.2. The minimum Gasteiger partial charge on any atom is -0.492 e. The molecule has 1 aliphatic heterocycles. The highest BCUT2D eigenvalue weighted by atomic mass is 32.1. The quantitative estimate of drug-likeness (QED) is 0.782. The van der Waals surface area contributed by atoms with Gasteiger partial charge in [-0.25, -0.2) is 4.98 Å². The Morgan fingerprint density at radius 1 is 1.25 bits per heavy atom. The SMILES string of the molecule is CCC1N=C(C)C=C1c1csc2c(O)nc(-c3ccccn3)nc12. The second-order valence-corrected chi connectivity index (χ2v) is 6.59. The van der Waals surface area contributed by atoms with E-state index < -0.39 is 0 Å². The van der Waals surface area contributed by atoms with Crippen molar-refractivity contribution in [2.45, 2.75) is 26.3 Å². The molecule has 0 saturated carbocycles. The number of fused-ring (bicyclic) bond motifs is 1. The molecule has 0 bridgehead atoms. The van der Waals surface area contributed by atoms with Crippen molar-refractivity contribution in [3.05, 3.63) is 41.4 Å². The van der Waals surface area contributed by atoms with Crippen LogP contribution in [0.25, 0.3) is 27.3 Å². The van der Waals surface area contributed by atoms with E-state index in [1.165, 1.54) is 11.3 Å². The lowest BCUT2D eigenvalue weighted by Gasteiger charge is -2.09. The van der Waals surface area contributed by atoms with Gasteiger partial charge >= 0.3 is 0 Å². The third kappa shape index (κ3) is 2.39.